The monoisotopic (exact) mass is 460 g/mol. The van der Waals surface area contributed by atoms with E-state index < -0.39 is 0 Å². The Morgan fingerprint density at radius 2 is 1.64 bits per heavy atom. The first kappa shape index (κ1) is 24.0. The molecule has 5 nitrogen and oxygen atoms in total. The highest BCUT2D eigenvalue weighted by atomic mass is 32.1. The second kappa shape index (κ2) is 11.8. The van der Waals surface area contributed by atoms with E-state index in [1.54, 1.807) is 20.3 Å². The van der Waals surface area contributed by atoms with Gasteiger partial charge in [0.1, 0.15) is 10.6 Å². The summed E-state index contributed by atoms with van der Waals surface area (Å²) >= 11 is 1.30. The van der Waals surface area contributed by atoms with E-state index in [-0.39, 0.29) is 5.91 Å². The lowest BCUT2D eigenvalue weighted by molar-refractivity contribution is 0.0968. The van der Waals surface area contributed by atoms with Crippen LogP contribution >= 0.6 is 11.3 Å². The Kier molecular flexibility index (Phi) is 8.61. The van der Waals surface area contributed by atoms with Crippen LogP contribution in [0.1, 0.15) is 41.1 Å². The molecule has 1 aromatic heterocycles. The highest BCUT2D eigenvalue weighted by molar-refractivity contribution is 7.13. The summed E-state index contributed by atoms with van der Waals surface area (Å²) in [5, 5.41) is 4.80. The van der Waals surface area contributed by atoms with E-state index >= 15 is 0 Å². The average molecular weight is 461 g/mol. The Bertz CT molecular complexity index is 1120. The second-order valence-electron chi connectivity index (χ2n) is 7.16. The maximum Gasteiger partial charge on any atom is 0.269 e. The summed E-state index contributed by atoms with van der Waals surface area (Å²) in [4.78, 5) is 18.5. The standard InChI is InChI=1S/C27H28N2O3S/c1-5-12-22(17-19(2)31-3)28-27(30)26-25(32-4)23(18-33-26)29-24(20-13-8-6-9-14-20)21-15-10-7-11-16-21/h6-18H,5H2,1-4H3,(H,28,30)/b19-17-,22-12-. The van der Waals surface area contributed by atoms with E-state index in [0.29, 0.717) is 27.8 Å². The van der Waals surface area contributed by atoms with Crippen molar-refractivity contribution in [2.45, 2.75) is 20.3 Å². The van der Waals surface area contributed by atoms with Gasteiger partial charge in [-0.05, 0) is 19.4 Å². The molecular weight excluding hydrogens is 432 g/mol. The fourth-order valence-electron chi connectivity index (χ4n) is 3.21. The Balaban J connectivity index is 2.00. The normalized spacial score (nSPS) is 11.6. The van der Waals surface area contributed by atoms with Crippen molar-refractivity contribution in [3.8, 4) is 5.75 Å². The highest BCUT2D eigenvalue weighted by Gasteiger charge is 2.20. The van der Waals surface area contributed by atoms with Gasteiger partial charge < -0.3 is 14.8 Å². The number of carbonyl (C=O) groups excluding carboxylic acids is 1. The lowest BCUT2D eigenvalue weighted by atomic mass is 10.0. The van der Waals surface area contributed by atoms with Crippen LogP contribution in [0.3, 0.4) is 0 Å². The number of nitrogens with zero attached hydrogens (tertiary/aromatic N) is 1. The number of hydrogen-bond acceptors (Lipinski definition) is 5. The summed E-state index contributed by atoms with van der Waals surface area (Å²) in [6.07, 6.45) is 4.50. The number of allylic oxidation sites excluding steroid dienone is 3. The van der Waals surface area contributed by atoms with E-state index in [2.05, 4.69) is 5.32 Å². The zero-order valence-electron chi connectivity index (χ0n) is 19.3. The van der Waals surface area contributed by atoms with Crippen LogP contribution in [0.25, 0.3) is 0 Å². The molecule has 0 aliphatic rings. The molecule has 0 fully saturated rings. The minimum Gasteiger partial charge on any atom is -0.501 e. The number of benzene rings is 2. The summed E-state index contributed by atoms with van der Waals surface area (Å²) in [7, 11) is 3.15. The molecule has 0 radical (unpaired) electrons. The number of nitrogens with one attached hydrogen (secondary N) is 1. The van der Waals surface area contributed by atoms with Gasteiger partial charge in [-0.25, -0.2) is 4.99 Å². The van der Waals surface area contributed by atoms with Crippen LogP contribution in [-0.2, 0) is 4.74 Å². The minimum absolute atomic E-state index is 0.251. The van der Waals surface area contributed by atoms with Gasteiger partial charge in [0.15, 0.2) is 5.75 Å². The number of rotatable bonds is 9. The predicted molar refractivity (Wildman–Crippen MR) is 136 cm³/mol. The van der Waals surface area contributed by atoms with E-state index in [4.69, 9.17) is 14.5 Å². The zero-order valence-corrected chi connectivity index (χ0v) is 20.1. The highest BCUT2D eigenvalue weighted by Crippen LogP contribution is 2.38. The number of carbonyl (C=O) groups is 1. The predicted octanol–water partition coefficient (Wildman–Crippen LogP) is 6.50. The third-order valence-electron chi connectivity index (χ3n) is 4.83. The van der Waals surface area contributed by atoms with Gasteiger partial charge in [-0.2, -0.15) is 0 Å². The zero-order chi connectivity index (χ0) is 23.6. The first-order valence-electron chi connectivity index (χ1n) is 10.7. The Labute approximate surface area is 199 Å². The number of hydrogen-bond donors (Lipinski definition) is 1. The largest absolute Gasteiger partial charge is 0.501 e. The summed E-state index contributed by atoms with van der Waals surface area (Å²) < 4.78 is 10.9. The van der Waals surface area contributed by atoms with Gasteiger partial charge in [0, 0.05) is 22.2 Å². The molecule has 0 unspecified atom stereocenters. The van der Waals surface area contributed by atoms with Crippen LogP contribution in [0.4, 0.5) is 5.69 Å². The lowest BCUT2D eigenvalue weighted by Crippen LogP contribution is -2.21. The number of methoxy groups -OCH3 is 2. The van der Waals surface area contributed by atoms with Gasteiger partial charge in [0.25, 0.3) is 5.91 Å². The Hall–Kier alpha value is -3.64. The van der Waals surface area contributed by atoms with Crippen LogP contribution in [-0.4, -0.2) is 25.8 Å². The molecule has 0 saturated carbocycles. The van der Waals surface area contributed by atoms with Crippen molar-refractivity contribution < 1.29 is 14.3 Å². The van der Waals surface area contributed by atoms with Crippen LogP contribution in [0.15, 0.2) is 94.6 Å². The van der Waals surface area contributed by atoms with Crippen molar-refractivity contribution in [1.82, 2.24) is 5.32 Å². The van der Waals surface area contributed by atoms with Crippen molar-refractivity contribution in [3.63, 3.8) is 0 Å². The van der Waals surface area contributed by atoms with Crippen molar-refractivity contribution in [2.75, 3.05) is 14.2 Å². The summed E-state index contributed by atoms with van der Waals surface area (Å²) in [5.74, 6) is 0.901. The van der Waals surface area contributed by atoms with Crippen LogP contribution in [0.5, 0.6) is 5.75 Å². The fourth-order valence-corrected chi connectivity index (χ4v) is 4.05. The lowest BCUT2D eigenvalue weighted by Gasteiger charge is -2.10. The first-order chi connectivity index (χ1) is 16.1. The van der Waals surface area contributed by atoms with Gasteiger partial charge in [-0.3, -0.25) is 4.79 Å². The maximum absolute atomic E-state index is 13.1. The number of ether oxygens (including phenoxy) is 2. The SMILES string of the molecule is CC/C=C(/C=C(/C)OC)NC(=O)c1scc(N=C(c2ccccc2)c2ccccc2)c1OC. The average Bonchev–Trinajstić information content (AvgIpc) is 3.26. The third kappa shape index (κ3) is 6.20. The summed E-state index contributed by atoms with van der Waals surface area (Å²) in [6, 6.07) is 19.9. The second-order valence-corrected chi connectivity index (χ2v) is 8.04. The molecule has 0 aliphatic carbocycles. The van der Waals surface area contributed by atoms with Gasteiger partial charge >= 0.3 is 0 Å². The molecular formula is C27H28N2O3S. The van der Waals surface area contributed by atoms with E-state index in [0.717, 1.165) is 23.3 Å². The van der Waals surface area contributed by atoms with Gasteiger partial charge in [0.2, 0.25) is 0 Å². The van der Waals surface area contributed by atoms with Crippen LogP contribution < -0.4 is 10.1 Å². The summed E-state index contributed by atoms with van der Waals surface area (Å²) in [6.45, 7) is 3.85. The molecule has 2 aromatic carbocycles. The molecule has 0 bridgehead atoms. The molecule has 3 rings (SSSR count). The van der Waals surface area contributed by atoms with Crippen molar-refractivity contribution >= 4 is 28.6 Å². The molecule has 0 spiro atoms. The molecule has 0 aliphatic heterocycles. The molecule has 6 heteroatoms. The molecule has 1 heterocycles. The molecule has 3 aromatic rings. The molecule has 1 amide bonds. The fraction of sp³-hybridized carbons (Fsp3) is 0.185. The Morgan fingerprint density at radius 1 is 1.03 bits per heavy atom. The summed E-state index contributed by atoms with van der Waals surface area (Å²) in [5.41, 5.74) is 4.06. The molecule has 0 atom stereocenters. The molecule has 0 saturated heterocycles. The molecule has 33 heavy (non-hydrogen) atoms. The first-order valence-corrected chi connectivity index (χ1v) is 11.5. The van der Waals surface area contributed by atoms with Gasteiger partial charge in [0.05, 0.1) is 25.7 Å². The number of thiophene rings is 1. The van der Waals surface area contributed by atoms with Gasteiger partial charge in [-0.1, -0.05) is 73.7 Å². The van der Waals surface area contributed by atoms with Crippen molar-refractivity contribution in [2.24, 2.45) is 4.99 Å². The number of amides is 1. The van der Waals surface area contributed by atoms with Crippen LogP contribution in [0.2, 0.25) is 0 Å². The van der Waals surface area contributed by atoms with Crippen molar-refractivity contribution in [1.29, 1.82) is 0 Å². The third-order valence-corrected chi connectivity index (χ3v) is 5.77. The Morgan fingerprint density at radius 3 is 2.15 bits per heavy atom. The maximum atomic E-state index is 13.1. The quantitative estimate of drug-likeness (QED) is 0.225. The van der Waals surface area contributed by atoms with E-state index in [1.165, 1.54) is 11.3 Å². The topological polar surface area (TPSA) is 59.9 Å². The van der Waals surface area contributed by atoms with E-state index in [1.807, 2.05) is 86.0 Å². The van der Waals surface area contributed by atoms with E-state index in [9.17, 15) is 4.79 Å². The minimum atomic E-state index is -0.251. The smallest absolute Gasteiger partial charge is 0.269 e. The number of aliphatic imine (C=N–C) groups is 1. The van der Waals surface area contributed by atoms with Gasteiger partial charge in [-0.15, -0.1) is 11.3 Å². The van der Waals surface area contributed by atoms with Crippen molar-refractivity contribution in [3.05, 3.63) is 106 Å². The molecule has 170 valence electrons. The molecule has 1 N–H and O–H groups in total. The van der Waals surface area contributed by atoms with Crippen LogP contribution in [0, 0.1) is 0 Å².